The molecule has 0 fully saturated rings. The number of benzene rings is 1. The Kier molecular flexibility index (Phi) is 2.27. The molecule has 15 heavy (non-hydrogen) atoms. The van der Waals surface area contributed by atoms with Crippen LogP contribution in [0.1, 0.15) is 19.4 Å². The molecule has 0 aliphatic rings. The van der Waals surface area contributed by atoms with Gasteiger partial charge in [0.2, 0.25) is 0 Å². The van der Waals surface area contributed by atoms with Gasteiger partial charge in [-0.25, -0.2) is 0 Å². The third-order valence-electron chi connectivity index (χ3n) is 2.92. The Bertz CT molecular complexity index is 485. The van der Waals surface area contributed by atoms with Crippen LogP contribution in [-0.2, 0) is 12.5 Å². The largest absolute Gasteiger partial charge is 0.395 e. The summed E-state index contributed by atoms with van der Waals surface area (Å²) < 4.78 is 1.85. The molecule has 0 spiro atoms. The van der Waals surface area contributed by atoms with Crippen LogP contribution < -0.4 is 0 Å². The SMILES string of the molecule is Cn1ncc2cc(C(C)(C)CO)ccc21. The van der Waals surface area contributed by atoms with Crippen LogP contribution in [0.4, 0.5) is 0 Å². The third-order valence-corrected chi connectivity index (χ3v) is 2.92. The quantitative estimate of drug-likeness (QED) is 0.810. The highest BCUT2D eigenvalue weighted by Crippen LogP contribution is 2.25. The molecule has 80 valence electrons. The van der Waals surface area contributed by atoms with E-state index in [1.54, 1.807) is 0 Å². The molecule has 3 heteroatoms. The number of fused-ring (bicyclic) bond motifs is 1. The number of nitrogens with zero attached hydrogens (tertiary/aromatic N) is 2. The molecular formula is C12H16N2O. The van der Waals surface area contributed by atoms with Gasteiger partial charge in [0.1, 0.15) is 0 Å². The number of hydrogen-bond donors (Lipinski definition) is 1. The lowest BCUT2D eigenvalue weighted by atomic mass is 9.85. The van der Waals surface area contributed by atoms with E-state index in [1.807, 2.05) is 31.8 Å². The Morgan fingerprint density at radius 1 is 1.40 bits per heavy atom. The molecule has 0 atom stereocenters. The van der Waals surface area contributed by atoms with Gasteiger partial charge in [-0.05, 0) is 17.7 Å². The van der Waals surface area contributed by atoms with Crippen molar-refractivity contribution in [3.05, 3.63) is 30.0 Å². The maximum atomic E-state index is 9.30. The lowest BCUT2D eigenvalue weighted by Crippen LogP contribution is -2.21. The van der Waals surface area contributed by atoms with Crippen LogP contribution >= 0.6 is 0 Å². The first-order chi connectivity index (χ1) is 7.04. The van der Waals surface area contributed by atoms with Gasteiger partial charge in [0, 0.05) is 17.8 Å². The van der Waals surface area contributed by atoms with Crippen LogP contribution in [0.3, 0.4) is 0 Å². The fourth-order valence-corrected chi connectivity index (χ4v) is 1.68. The number of rotatable bonds is 2. The van der Waals surface area contributed by atoms with E-state index in [0.717, 1.165) is 16.5 Å². The lowest BCUT2D eigenvalue weighted by Gasteiger charge is -2.22. The van der Waals surface area contributed by atoms with E-state index in [4.69, 9.17) is 0 Å². The molecule has 0 bridgehead atoms. The topological polar surface area (TPSA) is 38.0 Å². The second-order valence-electron chi connectivity index (χ2n) is 4.58. The third kappa shape index (κ3) is 1.63. The van der Waals surface area contributed by atoms with E-state index in [-0.39, 0.29) is 12.0 Å². The Morgan fingerprint density at radius 3 is 2.80 bits per heavy atom. The van der Waals surface area contributed by atoms with Crippen molar-refractivity contribution in [2.24, 2.45) is 7.05 Å². The van der Waals surface area contributed by atoms with Gasteiger partial charge in [-0.15, -0.1) is 0 Å². The molecule has 0 aliphatic carbocycles. The standard InChI is InChI=1S/C12H16N2O/c1-12(2,8-15)10-4-5-11-9(6-10)7-13-14(11)3/h4-7,15H,8H2,1-3H3. The van der Waals surface area contributed by atoms with Crippen molar-refractivity contribution in [1.29, 1.82) is 0 Å². The van der Waals surface area contributed by atoms with Crippen molar-refractivity contribution in [1.82, 2.24) is 9.78 Å². The first-order valence-electron chi connectivity index (χ1n) is 5.08. The maximum Gasteiger partial charge on any atom is 0.0679 e. The van der Waals surface area contributed by atoms with Crippen LogP contribution in [0.25, 0.3) is 10.9 Å². The van der Waals surface area contributed by atoms with E-state index in [9.17, 15) is 5.11 Å². The van der Waals surface area contributed by atoms with Crippen molar-refractivity contribution in [2.45, 2.75) is 19.3 Å². The summed E-state index contributed by atoms with van der Waals surface area (Å²) in [7, 11) is 1.93. The van der Waals surface area contributed by atoms with Gasteiger partial charge in [-0.2, -0.15) is 5.10 Å². The van der Waals surface area contributed by atoms with E-state index in [1.165, 1.54) is 0 Å². The summed E-state index contributed by atoms with van der Waals surface area (Å²) in [4.78, 5) is 0. The highest BCUT2D eigenvalue weighted by Gasteiger charge is 2.19. The van der Waals surface area contributed by atoms with E-state index >= 15 is 0 Å². The molecule has 1 aromatic heterocycles. The molecule has 1 aromatic carbocycles. The second-order valence-corrected chi connectivity index (χ2v) is 4.58. The summed E-state index contributed by atoms with van der Waals surface area (Å²) in [6.07, 6.45) is 1.85. The Labute approximate surface area is 89.3 Å². The van der Waals surface area contributed by atoms with E-state index in [0.29, 0.717) is 0 Å². The summed E-state index contributed by atoms with van der Waals surface area (Å²) in [6, 6.07) is 6.20. The second kappa shape index (κ2) is 3.35. The van der Waals surface area contributed by atoms with Crippen LogP contribution in [0.15, 0.2) is 24.4 Å². The van der Waals surface area contributed by atoms with Gasteiger partial charge < -0.3 is 5.11 Å². The average molecular weight is 204 g/mol. The number of aliphatic hydroxyl groups is 1. The van der Waals surface area contributed by atoms with Crippen LogP contribution in [0, 0.1) is 0 Å². The summed E-state index contributed by atoms with van der Waals surface area (Å²) >= 11 is 0. The summed E-state index contributed by atoms with van der Waals surface area (Å²) in [5.41, 5.74) is 2.07. The minimum atomic E-state index is -0.190. The van der Waals surface area contributed by atoms with Crippen LogP contribution in [0.5, 0.6) is 0 Å². The Morgan fingerprint density at radius 2 is 2.13 bits per heavy atom. The molecule has 0 aliphatic heterocycles. The van der Waals surface area contributed by atoms with Gasteiger partial charge in [-0.3, -0.25) is 4.68 Å². The normalized spacial score (nSPS) is 12.3. The van der Waals surface area contributed by atoms with Crippen molar-refractivity contribution in [3.63, 3.8) is 0 Å². The maximum absolute atomic E-state index is 9.30. The Balaban J connectivity index is 2.57. The monoisotopic (exact) mass is 204 g/mol. The Hall–Kier alpha value is -1.35. The lowest BCUT2D eigenvalue weighted by molar-refractivity contribution is 0.218. The van der Waals surface area contributed by atoms with Gasteiger partial charge in [0.25, 0.3) is 0 Å². The van der Waals surface area contributed by atoms with Gasteiger partial charge >= 0.3 is 0 Å². The van der Waals surface area contributed by atoms with E-state index in [2.05, 4.69) is 23.3 Å². The number of aromatic nitrogens is 2. The van der Waals surface area contributed by atoms with Gasteiger partial charge in [0.05, 0.1) is 18.3 Å². The summed E-state index contributed by atoms with van der Waals surface area (Å²) in [5.74, 6) is 0. The van der Waals surface area contributed by atoms with Crippen molar-refractivity contribution >= 4 is 10.9 Å². The summed E-state index contributed by atoms with van der Waals surface area (Å²) in [5, 5.41) is 14.6. The molecule has 0 unspecified atom stereocenters. The highest BCUT2D eigenvalue weighted by molar-refractivity contribution is 5.79. The smallest absolute Gasteiger partial charge is 0.0679 e. The van der Waals surface area contributed by atoms with Crippen LogP contribution in [0.2, 0.25) is 0 Å². The molecule has 0 saturated heterocycles. The molecule has 2 rings (SSSR count). The zero-order valence-electron chi connectivity index (χ0n) is 9.36. The molecule has 3 nitrogen and oxygen atoms in total. The van der Waals surface area contributed by atoms with Crippen molar-refractivity contribution < 1.29 is 5.11 Å². The molecule has 0 saturated carbocycles. The summed E-state index contributed by atoms with van der Waals surface area (Å²) in [6.45, 7) is 4.22. The first kappa shape index (κ1) is 10.2. The average Bonchev–Trinajstić information content (AvgIpc) is 2.60. The van der Waals surface area contributed by atoms with Gasteiger partial charge in [-0.1, -0.05) is 19.9 Å². The fraction of sp³-hybridized carbons (Fsp3) is 0.417. The van der Waals surface area contributed by atoms with E-state index < -0.39 is 0 Å². The van der Waals surface area contributed by atoms with Crippen LogP contribution in [-0.4, -0.2) is 21.5 Å². The molecule has 1 heterocycles. The molecular weight excluding hydrogens is 188 g/mol. The zero-order valence-corrected chi connectivity index (χ0v) is 9.36. The van der Waals surface area contributed by atoms with Crippen molar-refractivity contribution in [2.75, 3.05) is 6.61 Å². The molecule has 0 radical (unpaired) electrons. The minimum absolute atomic E-state index is 0.152. The number of aryl methyl sites for hydroxylation is 1. The number of aliphatic hydroxyl groups excluding tert-OH is 1. The van der Waals surface area contributed by atoms with Crippen molar-refractivity contribution in [3.8, 4) is 0 Å². The first-order valence-corrected chi connectivity index (χ1v) is 5.08. The zero-order chi connectivity index (χ0) is 11.1. The number of hydrogen-bond acceptors (Lipinski definition) is 2. The predicted octanol–water partition coefficient (Wildman–Crippen LogP) is 1.84. The molecule has 2 aromatic rings. The minimum Gasteiger partial charge on any atom is -0.395 e. The molecule has 1 N–H and O–H groups in total. The fourth-order valence-electron chi connectivity index (χ4n) is 1.68. The molecule has 0 amide bonds. The predicted molar refractivity (Wildman–Crippen MR) is 60.8 cm³/mol. The highest BCUT2D eigenvalue weighted by atomic mass is 16.3. The van der Waals surface area contributed by atoms with Gasteiger partial charge in [0.15, 0.2) is 0 Å².